The van der Waals surface area contributed by atoms with Crippen LogP contribution in [0.4, 0.5) is 0 Å². The third kappa shape index (κ3) is 7.46. The molecule has 1 unspecified atom stereocenters. The molecule has 2 rings (SSSR count). The third-order valence-corrected chi connectivity index (χ3v) is 4.24. The molecule has 0 fully saturated rings. The number of rotatable bonds is 11. The molecular formula is C22H31NO3. The van der Waals surface area contributed by atoms with Crippen LogP contribution in [0.3, 0.4) is 0 Å². The third-order valence-electron chi connectivity index (χ3n) is 4.24. The number of hydrogen-bond donors (Lipinski definition) is 1. The first-order valence-electron chi connectivity index (χ1n) is 9.28. The maximum Gasteiger partial charge on any atom is 0.119 e. The van der Waals surface area contributed by atoms with Gasteiger partial charge in [-0.1, -0.05) is 44.2 Å². The molecule has 4 nitrogen and oxygen atoms in total. The molecule has 0 aromatic heterocycles. The van der Waals surface area contributed by atoms with E-state index in [4.69, 9.17) is 9.47 Å². The maximum atomic E-state index is 10.4. The van der Waals surface area contributed by atoms with E-state index < -0.39 is 6.10 Å². The Kier molecular flexibility index (Phi) is 8.45. The van der Waals surface area contributed by atoms with Crippen molar-refractivity contribution in [3.05, 3.63) is 60.2 Å². The predicted molar refractivity (Wildman–Crippen MR) is 106 cm³/mol. The second kappa shape index (κ2) is 10.8. The van der Waals surface area contributed by atoms with Crippen LogP contribution >= 0.6 is 0 Å². The molecule has 0 saturated heterocycles. The largest absolute Gasteiger partial charge is 0.497 e. The molecule has 0 bridgehead atoms. The predicted octanol–water partition coefficient (Wildman–Crippen LogP) is 3.98. The fraction of sp³-hybridized carbons (Fsp3) is 0.455. The Bertz CT molecular complexity index is 613. The summed E-state index contributed by atoms with van der Waals surface area (Å²) in [5.41, 5.74) is 1.21. The van der Waals surface area contributed by atoms with Crippen molar-refractivity contribution in [1.29, 1.82) is 0 Å². The zero-order valence-corrected chi connectivity index (χ0v) is 16.1. The molecule has 1 atom stereocenters. The van der Waals surface area contributed by atoms with E-state index in [2.05, 4.69) is 30.9 Å². The second-order valence-corrected chi connectivity index (χ2v) is 7.04. The normalized spacial score (nSPS) is 12.4. The van der Waals surface area contributed by atoms with Crippen LogP contribution < -0.4 is 9.47 Å². The molecule has 1 N–H and O–H groups in total. The van der Waals surface area contributed by atoms with E-state index in [0.717, 1.165) is 31.0 Å². The van der Waals surface area contributed by atoms with Gasteiger partial charge in [-0.15, -0.1) is 0 Å². The van der Waals surface area contributed by atoms with Gasteiger partial charge in [0.2, 0.25) is 0 Å². The van der Waals surface area contributed by atoms with Gasteiger partial charge in [0, 0.05) is 13.1 Å². The van der Waals surface area contributed by atoms with Crippen LogP contribution in [0, 0.1) is 5.92 Å². The van der Waals surface area contributed by atoms with Crippen LogP contribution in [-0.4, -0.2) is 42.9 Å². The Morgan fingerprint density at radius 2 is 1.65 bits per heavy atom. The van der Waals surface area contributed by atoms with E-state index in [-0.39, 0.29) is 0 Å². The quantitative estimate of drug-likeness (QED) is 0.660. The number of aliphatic hydroxyl groups is 1. The van der Waals surface area contributed by atoms with Crippen LogP contribution in [0.5, 0.6) is 11.5 Å². The summed E-state index contributed by atoms with van der Waals surface area (Å²) in [6.07, 6.45) is 0.572. The fourth-order valence-electron chi connectivity index (χ4n) is 2.72. The van der Waals surface area contributed by atoms with Gasteiger partial charge in [-0.2, -0.15) is 0 Å². The van der Waals surface area contributed by atoms with E-state index >= 15 is 0 Å². The fourth-order valence-corrected chi connectivity index (χ4v) is 2.72. The van der Waals surface area contributed by atoms with Gasteiger partial charge in [0.05, 0.1) is 7.11 Å². The molecule has 26 heavy (non-hydrogen) atoms. The Morgan fingerprint density at radius 1 is 0.962 bits per heavy atom. The lowest BCUT2D eigenvalue weighted by Gasteiger charge is -2.26. The molecule has 0 heterocycles. The highest BCUT2D eigenvalue weighted by atomic mass is 16.5. The van der Waals surface area contributed by atoms with E-state index in [9.17, 15) is 5.11 Å². The van der Waals surface area contributed by atoms with Crippen LogP contribution in [0.2, 0.25) is 0 Å². The van der Waals surface area contributed by atoms with Gasteiger partial charge in [0.25, 0.3) is 0 Å². The number of benzene rings is 2. The lowest BCUT2D eigenvalue weighted by atomic mass is 10.1. The summed E-state index contributed by atoms with van der Waals surface area (Å²) >= 11 is 0. The zero-order chi connectivity index (χ0) is 18.8. The maximum absolute atomic E-state index is 10.4. The zero-order valence-electron chi connectivity index (χ0n) is 16.1. The number of nitrogens with zero attached hydrogens (tertiary/aromatic N) is 1. The first-order valence-corrected chi connectivity index (χ1v) is 9.28. The number of hydrogen-bond acceptors (Lipinski definition) is 4. The van der Waals surface area contributed by atoms with E-state index in [1.54, 1.807) is 7.11 Å². The standard InChI is InChI=1S/C22H31NO3/c1-18(2)13-14-23(15-19-9-11-21(25-3)12-10-19)16-20(24)17-26-22-7-5-4-6-8-22/h4-12,18,20,24H,13-17H2,1-3H3. The highest BCUT2D eigenvalue weighted by molar-refractivity contribution is 5.27. The minimum absolute atomic E-state index is 0.296. The minimum Gasteiger partial charge on any atom is -0.497 e. The Morgan fingerprint density at radius 3 is 2.27 bits per heavy atom. The second-order valence-electron chi connectivity index (χ2n) is 7.04. The molecule has 0 aliphatic rings. The lowest BCUT2D eigenvalue weighted by molar-refractivity contribution is 0.0639. The van der Waals surface area contributed by atoms with E-state index in [1.807, 2.05) is 42.5 Å². The van der Waals surface area contributed by atoms with E-state index in [1.165, 1.54) is 5.56 Å². The Labute approximate surface area is 157 Å². The number of para-hydroxylation sites is 1. The summed E-state index contributed by atoms with van der Waals surface area (Å²) in [5.74, 6) is 2.28. The van der Waals surface area contributed by atoms with E-state index in [0.29, 0.717) is 19.1 Å². The van der Waals surface area contributed by atoms with Gasteiger partial charge in [-0.25, -0.2) is 0 Å². The summed E-state index contributed by atoms with van der Waals surface area (Å²) in [6.45, 7) is 7.09. The molecule has 0 saturated carbocycles. The average molecular weight is 357 g/mol. The van der Waals surface area contributed by atoms with Gasteiger partial charge >= 0.3 is 0 Å². The molecule has 142 valence electrons. The van der Waals surface area contributed by atoms with Gasteiger partial charge in [-0.3, -0.25) is 4.90 Å². The minimum atomic E-state index is -0.527. The summed E-state index contributed by atoms with van der Waals surface area (Å²) < 4.78 is 10.9. The first kappa shape index (κ1) is 20.3. The van der Waals surface area contributed by atoms with Crippen molar-refractivity contribution in [2.75, 3.05) is 26.8 Å². The molecule has 0 radical (unpaired) electrons. The Hall–Kier alpha value is -2.04. The molecule has 0 spiro atoms. The number of methoxy groups -OCH3 is 1. The number of aliphatic hydroxyl groups excluding tert-OH is 1. The molecule has 0 aliphatic carbocycles. The van der Waals surface area contributed by atoms with Crippen molar-refractivity contribution in [3.63, 3.8) is 0 Å². The molecule has 4 heteroatoms. The van der Waals surface area contributed by atoms with Crippen molar-refractivity contribution in [2.24, 2.45) is 5.92 Å². The monoisotopic (exact) mass is 357 g/mol. The van der Waals surface area contributed by atoms with Crippen molar-refractivity contribution < 1.29 is 14.6 Å². The first-order chi connectivity index (χ1) is 12.6. The SMILES string of the molecule is COc1ccc(CN(CCC(C)C)CC(O)COc2ccccc2)cc1. The van der Waals surface area contributed by atoms with Crippen LogP contribution in [0.15, 0.2) is 54.6 Å². The summed E-state index contributed by atoms with van der Waals surface area (Å²) in [5, 5.41) is 10.4. The number of ether oxygens (including phenoxy) is 2. The van der Waals surface area contributed by atoms with Gasteiger partial charge in [0.1, 0.15) is 24.2 Å². The van der Waals surface area contributed by atoms with Crippen molar-refractivity contribution in [3.8, 4) is 11.5 Å². The molecule has 0 amide bonds. The van der Waals surface area contributed by atoms with Gasteiger partial charge in [0.15, 0.2) is 0 Å². The highest BCUT2D eigenvalue weighted by Gasteiger charge is 2.14. The summed E-state index contributed by atoms with van der Waals surface area (Å²) in [6, 6.07) is 17.7. The van der Waals surface area contributed by atoms with Crippen LogP contribution in [0.1, 0.15) is 25.8 Å². The molecule has 0 aliphatic heterocycles. The smallest absolute Gasteiger partial charge is 0.119 e. The molecular weight excluding hydrogens is 326 g/mol. The molecule has 2 aromatic carbocycles. The van der Waals surface area contributed by atoms with Crippen molar-refractivity contribution in [1.82, 2.24) is 4.90 Å². The lowest BCUT2D eigenvalue weighted by Crippen LogP contribution is -2.36. The Balaban J connectivity index is 1.89. The van der Waals surface area contributed by atoms with Gasteiger partial charge in [-0.05, 0) is 48.7 Å². The topological polar surface area (TPSA) is 41.9 Å². The van der Waals surface area contributed by atoms with Gasteiger partial charge < -0.3 is 14.6 Å². The van der Waals surface area contributed by atoms with Crippen LogP contribution in [0.25, 0.3) is 0 Å². The van der Waals surface area contributed by atoms with Crippen molar-refractivity contribution in [2.45, 2.75) is 32.9 Å². The van der Waals surface area contributed by atoms with Crippen molar-refractivity contribution >= 4 is 0 Å². The summed E-state index contributed by atoms with van der Waals surface area (Å²) in [4.78, 5) is 2.29. The van der Waals surface area contributed by atoms with Crippen LogP contribution in [-0.2, 0) is 6.54 Å². The summed E-state index contributed by atoms with van der Waals surface area (Å²) in [7, 11) is 1.67. The highest BCUT2D eigenvalue weighted by Crippen LogP contribution is 2.15. The average Bonchev–Trinajstić information content (AvgIpc) is 2.66. The molecule has 2 aromatic rings.